The van der Waals surface area contributed by atoms with E-state index in [0.717, 1.165) is 36.9 Å². The Balaban J connectivity index is 2.42. The third-order valence-corrected chi connectivity index (χ3v) is 4.19. The van der Waals surface area contributed by atoms with Crippen molar-refractivity contribution < 1.29 is 0 Å². The molecule has 0 aliphatic heterocycles. The summed E-state index contributed by atoms with van der Waals surface area (Å²) < 4.78 is 0. The molecule has 1 aromatic rings. The highest BCUT2D eigenvalue weighted by Crippen LogP contribution is 2.19. The van der Waals surface area contributed by atoms with Crippen LogP contribution in [0.1, 0.15) is 57.3 Å². The number of rotatable bonds is 7. The highest BCUT2D eigenvalue weighted by molar-refractivity contribution is 7.11. The Morgan fingerprint density at radius 3 is 2.62 bits per heavy atom. The Hall–Kier alpha value is -1.10. The summed E-state index contributed by atoms with van der Waals surface area (Å²) >= 11 is 1.75. The standard InChI is InChI=1S/C16H30N4S/c1-6-13-11-19-14(21-13)12-20-15(17-7-2)18-10-8-9-16(3,4)5/h11H,6-10,12H2,1-5H3,(H2,17,18,20). The fraction of sp³-hybridized carbons (Fsp3) is 0.750. The van der Waals surface area contributed by atoms with E-state index in [1.54, 1.807) is 11.3 Å². The minimum atomic E-state index is 0.397. The minimum Gasteiger partial charge on any atom is -0.357 e. The summed E-state index contributed by atoms with van der Waals surface area (Å²) in [5.41, 5.74) is 0.397. The highest BCUT2D eigenvalue weighted by atomic mass is 32.1. The molecule has 0 fully saturated rings. The van der Waals surface area contributed by atoms with Crippen molar-refractivity contribution in [1.82, 2.24) is 15.6 Å². The van der Waals surface area contributed by atoms with E-state index in [9.17, 15) is 0 Å². The van der Waals surface area contributed by atoms with Crippen molar-refractivity contribution >= 4 is 17.3 Å². The zero-order valence-corrected chi connectivity index (χ0v) is 14.9. The Bertz CT molecular complexity index is 432. The summed E-state index contributed by atoms with van der Waals surface area (Å²) in [6.07, 6.45) is 5.38. The number of guanidine groups is 1. The van der Waals surface area contributed by atoms with Crippen molar-refractivity contribution in [1.29, 1.82) is 0 Å². The Labute approximate surface area is 133 Å². The number of hydrogen-bond donors (Lipinski definition) is 2. The maximum absolute atomic E-state index is 4.61. The molecule has 0 aliphatic rings. The van der Waals surface area contributed by atoms with Crippen LogP contribution >= 0.6 is 11.3 Å². The van der Waals surface area contributed by atoms with Crippen LogP contribution in [0.15, 0.2) is 11.2 Å². The maximum Gasteiger partial charge on any atom is 0.191 e. The first kappa shape index (κ1) is 18.0. The number of thiazole rings is 1. The monoisotopic (exact) mass is 310 g/mol. The fourth-order valence-corrected chi connectivity index (χ4v) is 2.69. The van der Waals surface area contributed by atoms with Gasteiger partial charge in [0.1, 0.15) is 5.01 Å². The van der Waals surface area contributed by atoms with Crippen LogP contribution in [0.4, 0.5) is 0 Å². The van der Waals surface area contributed by atoms with Crippen molar-refractivity contribution in [2.45, 2.75) is 60.4 Å². The predicted octanol–water partition coefficient (Wildman–Crippen LogP) is 3.59. The van der Waals surface area contributed by atoms with Crippen LogP contribution in [0, 0.1) is 5.41 Å². The van der Waals surface area contributed by atoms with Crippen molar-refractivity contribution in [2.75, 3.05) is 13.1 Å². The van der Waals surface area contributed by atoms with E-state index >= 15 is 0 Å². The van der Waals surface area contributed by atoms with Crippen LogP contribution in [0.3, 0.4) is 0 Å². The maximum atomic E-state index is 4.61. The van der Waals surface area contributed by atoms with Gasteiger partial charge >= 0.3 is 0 Å². The first-order chi connectivity index (χ1) is 9.94. The molecule has 0 atom stereocenters. The van der Waals surface area contributed by atoms with E-state index in [1.165, 1.54) is 11.3 Å². The normalized spacial score (nSPS) is 12.5. The van der Waals surface area contributed by atoms with Gasteiger partial charge in [-0.15, -0.1) is 11.3 Å². The van der Waals surface area contributed by atoms with Crippen LogP contribution in [0.2, 0.25) is 0 Å². The molecule has 0 saturated heterocycles. The van der Waals surface area contributed by atoms with Gasteiger partial charge in [0.2, 0.25) is 0 Å². The Morgan fingerprint density at radius 1 is 1.29 bits per heavy atom. The van der Waals surface area contributed by atoms with Crippen LogP contribution < -0.4 is 10.6 Å². The average molecular weight is 311 g/mol. The van der Waals surface area contributed by atoms with E-state index in [0.29, 0.717) is 12.0 Å². The number of aromatic nitrogens is 1. The molecule has 0 aromatic carbocycles. The fourth-order valence-electron chi connectivity index (χ4n) is 1.90. The molecule has 2 N–H and O–H groups in total. The highest BCUT2D eigenvalue weighted by Gasteiger charge is 2.09. The second kappa shape index (κ2) is 9.03. The quantitative estimate of drug-likeness (QED) is 0.460. The Morgan fingerprint density at radius 2 is 2.05 bits per heavy atom. The second-order valence-corrected chi connectivity index (χ2v) is 7.56. The van der Waals surface area contributed by atoms with E-state index < -0.39 is 0 Å². The molecular formula is C16H30N4S. The molecule has 0 radical (unpaired) electrons. The van der Waals surface area contributed by atoms with Crippen molar-refractivity contribution in [3.05, 3.63) is 16.1 Å². The third kappa shape index (κ3) is 8.05. The molecule has 1 rings (SSSR count). The van der Waals surface area contributed by atoms with E-state index in [1.807, 2.05) is 6.20 Å². The van der Waals surface area contributed by atoms with Crippen molar-refractivity contribution in [2.24, 2.45) is 10.4 Å². The topological polar surface area (TPSA) is 49.3 Å². The largest absolute Gasteiger partial charge is 0.357 e. The molecule has 1 heterocycles. The zero-order valence-electron chi connectivity index (χ0n) is 14.1. The van der Waals surface area contributed by atoms with Gasteiger partial charge in [-0.1, -0.05) is 27.7 Å². The van der Waals surface area contributed by atoms with Crippen LogP contribution in [-0.2, 0) is 13.0 Å². The number of nitrogens with zero attached hydrogens (tertiary/aromatic N) is 2. The molecule has 0 aliphatic carbocycles. The smallest absolute Gasteiger partial charge is 0.191 e. The Kier molecular flexibility index (Phi) is 7.72. The van der Waals surface area contributed by atoms with Crippen LogP contribution in [0.25, 0.3) is 0 Å². The molecule has 5 heteroatoms. The summed E-state index contributed by atoms with van der Waals surface area (Å²) in [7, 11) is 0. The van der Waals surface area contributed by atoms with E-state index in [-0.39, 0.29) is 0 Å². The number of aliphatic imine (C=N–C) groups is 1. The SMILES string of the molecule is CCNC(=NCc1ncc(CC)s1)NCCCC(C)(C)C. The van der Waals surface area contributed by atoms with Crippen LogP contribution in [0.5, 0.6) is 0 Å². The van der Waals surface area contributed by atoms with Gasteiger partial charge < -0.3 is 10.6 Å². The molecule has 0 unspecified atom stereocenters. The number of nitrogens with one attached hydrogen (secondary N) is 2. The van der Waals surface area contributed by atoms with Gasteiger partial charge in [0.15, 0.2) is 5.96 Å². The molecule has 120 valence electrons. The van der Waals surface area contributed by atoms with Gasteiger partial charge in [0.05, 0.1) is 6.54 Å². The van der Waals surface area contributed by atoms with E-state index in [2.05, 4.69) is 55.2 Å². The molecule has 0 bridgehead atoms. The van der Waals surface area contributed by atoms with Crippen molar-refractivity contribution in [3.63, 3.8) is 0 Å². The molecule has 4 nitrogen and oxygen atoms in total. The minimum absolute atomic E-state index is 0.397. The third-order valence-electron chi connectivity index (χ3n) is 3.06. The lowest BCUT2D eigenvalue weighted by atomic mass is 9.91. The van der Waals surface area contributed by atoms with Gasteiger partial charge in [-0.2, -0.15) is 0 Å². The zero-order chi connectivity index (χ0) is 15.7. The number of aryl methyl sites for hydroxylation is 1. The van der Waals surface area contributed by atoms with Gasteiger partial charge in [0, 0.05) is 24.2 Å². The van der Waals surface area contributed by atoms with Gasteiger partial charge in [-0.25, -0.2) is 9.98 Å². The lowest BCUT2D eigenvalue weighted by Crippen LogP contribution is -2.38. The second-order valence-electron chi connectivity index (χ2n) is 6.36. The first-order valence-electron chi connectivity index (χ1n) is 7.90. The number of hydrogen-bond acceptors (Lipinski definition) is 3. The summed E-state index contributed by atoms with van der Waals surface area (Å²) in [6, 6.07) is 0. The molecular weight excluding hydrogens is 280 g/mol. The van der Waals surface area contributed by atoms with Gasteiger partial charge in [-0.3, -0.25) is 0 Å². The summed E-state index contributed by atoms with van der Waals surface area (Å²) in [5, 5.41) is 7.77. The van der Waals surface area contributed by atoms with Crippen molar-refractivity contribution in [3.8, 4) is 0 Å². The van der Waals surface area contributed by atoms with Gasteiger partial charge in [-0.05, 0) is 31.6 Å². The summed E-state index contributed by atoms with van der Waals surface area (Å²) in [5.74, 6) is 0.889. The van der Waals surface area contributed by atoms with Crippen LogP contribution in [-0.4, -0.2) is 24.0 Å². The molecule has 1 aromatic heterocycles. The molecule has 0 spiro atoms. The summed E-state index contributed by atoms with van der Waals surface area (Å²) in [6.45, 7) is 13.6. The average Bonchev–Trinajstić information content (AvgIpc) is 2.87. The predicted molar refractivity (Wildman–Crippen MR) is 93.0 cm³/mol. The lowest BCUT2D eigenvalue weighted by molar-refractivity contribution is 0.365. The van der Waals surface area contributed by atoms with E-state index in [4.69, 9.17) is 0 Å². The molecule has 0 amide bonds. The summed E-state index contributed by atoms with van der Waals surface area (Å²) in [4.78, 5) is 10.3. The lowest BCUT2D eigenvalue weighted by Gasteiger charge is -2.18. The molecule has 21 heavy (non-hydrogen) atoms. The first-order valence-corrected chi connectivity index (χ1v) is 8.72. The van der Waals surface area contributed by atoms with Gasteiger partial charge in [0.25, 0.3) is 0 Å². The molecule has 0 saturated carbocycles.